The van der Waals surface area contributed by atoms with Gasteiger partial charge < -0.3 is 9.64 Å². The molecule has 1 heterocycles. The summed E-state index contributed by atoms with van der Waals surface area (Å²) in [5.74, 6) is 0.719. The van der Waals surface area contributed by atoms with Crippen molar-refractivity contribution in [3.8, 4) is 5.75 Å². The van der Waals surface area contributed by atoms with Crippen molar-refractivity contribution < 1.29 is 9.66 Å². The Balaban J connectivity index is 2.26. The Hall–Kier alpha value is -2.21. The lowest BCUT2D eigenvalue weighted by molar-refractivity contribution is -0.385. The molecule has 0 bridgehead atoms. The number of hydrogen-bond donors (Lipinski definition) is 0. The molecule has 0 atom stereocenters. The van der Waals surface area contributed by atoms with Crippen LogP contribution in [0.2, 0.25) is 0 Å². The molecule has 0 unspecified atom stereocenters. The number of hydrogen-bond acceptors (Lipinski definition) is 5. The predicted octanol–water partition coefficient (Wildman–Crippen LogP) is 2.78. The van der Waals surface area contributed by atoms with Crippen LogP contribution in [0.25, 0.3) is 10.9 Å². The molecule has 112 valence electrons. The number of pyridine rings is 1. The van der Waals surface area contributed by atoms with Crippen molar-refractivity contribution in [1.82, 2.24) is 9.88 Å². The Labute approximate surface area is 123 Å². The van der Waals surface area contributed by atoms with Crippen LogP contribution in [0.4, 0.5) is 5.69 Å². The lowest BCUT2D eigenvalue weighted by atomic mass is 10.1. The first kappa shape index (κ1) is 15.2. The van der Waals surface area contributed by atoms with E-state index >= 15 is 0 Å². The van der Waals surface area contributed by atoms with E-state index in [0.29, 0.717) is 17.7 Å². The van der Waals surface area contributed by atoms with Crippen LogP contribution in [-0.4, -0.2) is 42.1 Å². The third-order valence-corrected chi connectivity index (χ3v) is 3.30. The van der Waals surface area contributed by atoms with E-state index in [4.69, 9.17) is 4.74 Å². The summed E-state index contributed by atoms with van der Waals surface area (Å²) in [5, 5.41) is 11.8. The Morgan fingerprint density at radius 1 is 1.33 bits per heavy atom. The first-order chi connectivity index (χ1) is 10.0. The minimum absolute atomic E-state index is 0.0831. The second-order valence-electron chi connectivity index (χ2n) is 5.18. The van der Waals surface area contributed by atoms with Gasteiger partial charge in [-0.3, -0.25) is 15.1 Å². The van der Waals surface area contributed by atoms with Gasteiger partial charge in [0.25, 0.3) is 5.69 Å². The minimum atomic E-state index is -0.388. The van der Waals surface area contributed by atoms with Gasteiger partial charge >= 0.3 is 0 Å². The average molecular weight is 289 g/mol. The molecule has 0 amide bonds. The molecule has 6 heteroatoms. The van der Waals surface area contributed by atoms with E-state index in [2.05, 4.69) is 9.88 Å². The quantitative estimate of drug-likeness (QED) is 0.464. The Kier molecular flexibility index (Phi) is 4.70. The second-order valence-corrected chi connectivity index (χ2v) is 5.18. The van der Waals surface area contributed by atoms with E-state index in [1.54, 1.807) is 25.3 Å². The van der Waals surface area contributed by atoms with Crippen LogP contribution in [-0.2, 0) is 0 Å². The molecule has 0 radical (unpaired) electrons. The normalized spacial score (nSPS) is 11.0. The highest BCUT2D eigenvalue weighted by Crippen LogP contribution is 2.31. The average Bonchev–Trinajstić information content (AvgIpc) is 2.43. The topological polar surface area (TPSA) is 68.5 Å². The highest BCUT2D eigenvalue weighted by Gasteiger charge is 2.15. The monoisotopic (exact) mass is 289 g/mol. The molecule has 1 aromatic heterocycles. The summed E-state index contributed by atoms with van der Waals surface area (Å²) in [5.41, 5.74) is 1.27. The summed E-state index contributed by atoms with van der Waals surface area (Å²) in [6.45, 7) is 3.27. The van der Waals surface area contributed by atoms with Gasteiger partial charge in [-0.2, -0.15) is 0 Å². The summed E-state index contributed by atoms with van der Waals surface area (Å²) in [4.78, 5) is 16.9. The summed E-state index contributed by atoms with van der Waals surface area (Å²) in [6, 6.07) is 5.00. The first-order valence-electron chi connectivity index (χ1n) is 6.81. The van der Waals surface area contributed by atoms with Crippen LogP contribution >= 0.6 is 0 Å². The molecule has 6 nitrogen and oxygen atoms in total. The predicted molar refractivity (Wildman–Crippen MR) is 81.8 cm³/mol. The number of nitro benzene ring substituents is 1. The highest BCUT2D eigenvalue weighted by atomic mass is 16.6. The summed E-state index contributed by atoms with van der Waals surface area (Å²) >= 11 is 0. The molecular weight excluding hydrogens is 270 g/mol. The zero-order chi connectivity index (χ0) is 15.4. The van der Waals surface area contributed by atoms with Crippen molar-refractivity contribution in [2.75, 3.05) is 27.2 Å². The van der Waals surface area contributed by atoms with Crippen LogP contribution in [0.1, 0.15) is 12.0 Å². The number of nitro groups is 1. The van der Waals surface area contributed by atoms with Crippen LogP contribution < -0.4 is 4.74 Å². The van der Waals surface area contributed by atoms with Gasteiger partial charge in [0.05, 0.1) is 22.6 Å². The maximum atomic E-state index is 11.0. The first-order valence-corrected chi connectivity index (χ1v) is 6.81. The number of benzene rings is 1. The molecule has 0 N–H and O–H groups in total. The second kappa shape index (κ2) is 6.49. The summed E-state index contributed by atoms with van der Waals surface area (Å²) < 4.78 is 5.79. The smallest absolute Gasteiger partial charge is 0.274 e. The molecule has 0 saturated carbocycles. The number of nitrogens with zero attached hydrogens (tertiary/aromatic N) is 3. The van der Waals surface area contributed by atoms with Crippen molar-refractivity contribution in [2.24, 2.45) is 0 Å². The Morgan fingerprint density at radius 2 is 2.10 bits per heavy atom. The lowest BCUT2D eigenvalue weighted by Gasteiger charge is -2.12. The van der Waals surface area contributed by atoms with Crippen molar-refractivity contribution in [2.45, 2.75) is 13.3 Å². The van der Waals surface area contributed by atoms with Gasteiger partial charge in [0, 0.05) is 24.2 Å². The zero-order valence-electron chi connectivity index (χ0n) is 12.5. The minimum Gasteiger partial charge on any atom is -0.493 e. The molecule has 0 aliphatic rings. The van der Waals surface area contributed by atoms with Crippen molar-refractivity contribution in [3.63, 3.8) is 0 Å². The SMILES string of the molecule is Cc1c([N+](=O)[O-])ccc2c(OCCCN(C)C)ccnc12. The van der Waals surface area contributed by atoms with E-state index in [1.165, 1.54) is 6.07 Å². The molecule has 2 aromatic rings. The molecule has 0 aliphatic heterocycles. The van der Waals surface area contributed by atoms with Crippen molar-refractivity contribution in [1.29, 1.82) is 0 Å². The molecule has 0 spiro atoms. The van der Waals surface area contributed by atoms with E-state index < -0.39 is 0 Å². The maximum absolute atomic E-state index is 11.0. The standard InChI is InChI=1S/C15H19N3O3/c1-11-13(18(19)20)6-5-12-14(7-8-16-15(11)12)21-10-4-9-17(2)3/h5-8H,4,9-10H2,1-3H3. The fourth-order valence-corrected chi connectivity index (χ4v) is 2.21. The largest absolute Gasteiger partial charge is 0.493 e. The summed E-state index contributed by atoms with van der Waals surface area (Å²) in [7, 11) is 4.04. The van der Waals surface area contributed by atoms with E-state index in [0.717, 1.165) is 24.1 Å². The van der Waals surface area contributed by atoms with Gasteiger partial charge in [-0.1, -0.05) is 0 Å². The van der Waals surface area contributed by atoms with Crippen LogP contribution in [0, 0.1) is 17.0 Å². The lowest BCUT2D eigenvalue weighted by Crippen LogP contribution is -2.15. The zero-order valence-corrected chi connectivity index (χ0v) is 12.5. The van der Waals surface area contributed by atoms with Gasteiger partial charge in [-0.25, -0.2) is 0 Å². The molecule has 1 aromatic carbocycles. The number of aryl methyl sites for hydroxylation is 1. The third-order valence-electron chi connectivity index (χ3n) is 3.30. The van der Waals surface area contributed by atoms with Crippen LogP contribution in [0.5, 0.6) is 5.75 Å². The Morgan fingerprint density at radius 3 is 2.76 bits per heavy atom. The molecule has 2 rings (SSSR count). The highest BCUT2D eigenvalue weighted by molar-refractivity contribution is 5.89. The molecular formula is C15H19N3O3. The van der Waals surface area contributed by atoms with E-state index in [1.807, 2.05) is 14.1 Å². The third kappa shape index (κ3) is 3.46. The van der Waals surface area contributed by atoms with Crippen LogP contribution in [0.15, 0.2) is 24.4 Å². The molecule has 0 fully saturated rings. The van der Waals surface area contributed by atoms with Crippen LogP contribution in [0.3, 0.4) is 0 Å². The fourth-order valence-electron chi connectivity index (χ4n) is 2.21. The van der Waals surface area contributed by atoms with Gasteiger partial charge in [-0.15, -0.1) is 0 Å². The molecule has 0 aliphatic carbocycles. The number of ether oxygens (including phenoxy) is 1. The molecule has 21 heavy (non-hydrogen) atoms. The fraction of sp³-hybridized carbons (Fsp3) is 0.400. The Bertz CT molecular complexity index is 656. The molecule has 0 saturated heterocycles. The summed E-state index contributed by atoms with van der Waals surface area (Å²) in [6.07, 6.45) is 2.54. The van der Waals surface area contributed by atoms with Gasteiger partial charge in [0.1, 0.15) is 5.75 Å². The van der Waals surface area contributed by atoms with Crippen molar-refractivity contribution >= 4 is 16.6 Å². The van der Waals surface area contributed by atoms with Crippen molar-refractivity contribution in [3.05, 3.63) is 40.1 Å². The maximum Gasteiger partial charge on any atom is 0.274 e. The van der Waals surface area contributed by atoms with E-state index in [9.17, 15) is 10.1 Å². The number of fused-ring (bicyclic) bond motifs is 1. The van der Waals surface area contributed by atoms with Gasteiger partial charge in [-0.05, 0) is 39.6 Å². The number of aromatic nitrogens is 1. The van der Waals surface area contributed by atoms with Gasteiger partial charge in [0.15, 0.2) is 0 Å². The van der Waals surface area contributed by atoms with E-state index in [-0.39, 0.29) is 10.6 Å². The number of rotatable bonds is 6. The van der Waals surface area contributed by atoms with Gasteiger partial charge in [0.2, 0.25) is 0 Å².